The normalized spacial score (nSPS) is 18.3. The van der Waals surface area contributed by atoms with Gasteiger partial charge in [-0.3, -0.25) is 10.1 Å². The molecule has 1 atom stereocenters. The fourth-order valence-electron chi connectivity index (χ4n) is 2.40. The lowest BCUT2D eigenvalue weighted by atomic mass is 10.0. The summed E-state index contributed by atoms with van der Waals surface area (Å²) >= 11 is 0. The van der Waals surface area contributed by atoms with Crippen molar-refractivity contribution in [3.8, 4) is 0 Å². The van der Waals surface area contributed by atoms with Crippen LogP contribution in [-0.4, -0.2) is 16.0 Å². The third-order valence-corrected chi connectivity index (χ3v) is 3.30. The lowest BCUT2D eigenvalue weighted by molar-refractivity contribution is -0.384. The van der Waals surface area contributed by atoms with Crippen molar-refractivity contribution in [3.63, 3.8) is 0 Å². The van der Waals surface area contributed by atoms with Gasteiger partial charge >= 0.3 is 0 Å². The van der Waals surface area contributed by atoms with Gasteiger partial charge in [-0.05, 0) is 17.7 Å². The zero-order valence-corrected chi connectivity index (χ0v) is 9.74. The maximum Gasteiger partial charge on any atom is 0.269 e. The van der Waals surface area contributed by atoms with Crippen LogP contribution in [0.3, 0.4) is 0 Å². The number of hydrogen-bond acceptors (Lipinski definition) is 3. The number of non-ortho nitro benzene ring substituents is 1. The molecule has 1 aliphatic rings. The Labute approximate surface area is 104 Å². The van der Waals surface area contributed by atoms with Crippen LogP contribution in [-0.2, 0) is 6.54 Å². The van der Waals surface area contributed by atoms with Crippen LogP contribution in [0, 0.1) is 10.1 Å². The van der Waals surface area contributed by atoms with Gasteiger partial charge in [-0.15, -0.1) is 0 Å². The first-order valence-corrected chi connectivity index (χ1v) is 5.88. The Bertz CT molecular complexity index is 574. The second-order valence-corrected chi connectivity index (χ2v) is 4.36. The first-order valence-electron chi connectivity index (χ1n) is 5.88. The number of hydrogen-bond donors (Lipinski definition) is 1. The Morgan fingerprint density at radius 3 is 2.78 bits per heavy atom. The number of nitrogens with one attached hydrogen (secondary N) is 1. The molecular weight excluding hydrogens is 230 g/mol. The molecule has 1 aromatic carbocycles. The quantitative estimate of drug-likeness (QED) is 0.649. The van der Waals surface area contributed by atoms with E-state index in [0.29, 0.717) is 0 Å². The van der Waals surface area contributed by atoms with Crippen LogP contribution in [0.4, 0.5) is 5.69 Å². The van der Waals surface area contributed by atoms with E-state index in [4.69, 9.17) is 0 Å². The van der Waals surface area contributed by atoms with Crippen molar-refractivity contribution in [1.29, 1.82) is 0 Å². The van der Waals surface area contributed by atoms with Gasteiger partial charge in [0.2, 0.25) is 0 Å². The smallest absolute Gasteiger partial charge is 0.269 e. The minimum absolute atomic E-state index is 0.120. The second-order valence-electron chi connectivity index (χ2n) is 4.36. The molecule has 1 unspecified atom stereocenters. The highest BCUT2D eigenvalue weighted by molar-refractivity contribution is 5.37. The molecule has 5 heteroatoms. The van der Waals surface area contributed by atoms with E-state index >= 15 is 0 Å². The average Bonchev–Trinajstić information content (AvgIpc) is 2.87. The largest absolute Gasteiger partial charge is 0.348 e. The molecule has 0 aliphatic carbocycles. The third-order valence-electron chi connectivity index (χ3n) is 3.30. The topological polar surface area (TPSA) is 60.1 Å². The molecular formula is C13H13N3O2. The lowest BCUT2D eigenvalue weighted by Crippen LogP contribution is -2.33. The highest BCUT2D eigenvalue weighted by atomic mass is 16.6. The van der Waals surface area contributed by atoms with Crippen molar-refractivity contribution >= 4 is 5.69 Å². The molecule has 0 amide bonds. The fraction of sp³-hybridized carbons (Fsp3) is 0.231. The third kappa shape index (κ3) is 1.78. The van der Waals surface area contributed by atoms with Gasteiger partial charge in [0.25, 0.3) is 5.69 Å². The van der Waals surface area contributed by atoms with E-state index in [2.05, 4.69) is 22.1 Å². The molecule has 0 spiro atoms. The second kappa shape index (κ2) is 4.27. The maximum absolute atomic E-state index is 10.6. The van der Waals surface area contributed by atoms with Crippen molar-refractivity contribution < 1.29 is 4.92 Å². The van der Waals surface area contributed by atoms with Crippen molar-refractivity contribution in [3.05, 3.63) is 64.0 Å². The van der Waals surface area contributed by atoms with Crippen LogP contribution in [0.15, 0.2) is 42.6 Å². The first-order chi connectivity index (χ1) is 8.75. The van der Waals surface area contributed by atoms with Gasteiger partial charge in [0, 0.05) is 37.1 Å². The Morgan fingerprint density at radius 2 is 2.06 bits per heavy atom. The number of nitro benzene ring substituents is 1. The van der Waals surface area contributed by atoms with E-state index in [-0.39, 0.29) is 16.7 Å². The van der Waals surface area contributed by atoms with Crippen molar-refractivity contribution in [1.82, 2.24) is 9.88 Å². The Balaban J connectivity index is 1.95. The number of nitrogens with zero attached hydrogens (tertiary/aromatic N) is 2. The standard InChI is InChI=1S/C13H13N3O2/c17-16(18)11-5-3-10(4-6-11)13-12-2-1-8-15(12)9-7-14-13/h1-6,8,13-14H,7,9H2. The molecule has 2 heterocycles. The zero-order chi connectivity index (χ0) is 12.5. The number of rotatable bonds is 2. The van der Waals surface area contributed by atoms with Gasteiger partial charge in [-0.25, -0.2) is 0 Å². The molecule has 1 aromatic heterocycles. The Kier molecular flexibility index (Phi) is 2.60. The predicted octanol–water partition coefficient (Wildman–Crippen LogP) is 2.09. The minimum atomic E-state index is -0.374. The molecule has 3 rings (SSSR count). The van der Waals surface area contributed by atoms with E-state index < -0.39 is 0 Å². The molecule has 1 N–H and O–H groups in total. The molecule has 2 aromatic rings. The van der Waals surface area contributed by atoms with E-state index in [1.165, 1.54) is 5.69 Å². The molecule has 5 nitrogen and oxygen atoms in total. The molecule has 0 bridgehead atoms. The zero-order valence-electron chi connectivity index (χ0n) is 9.74. The monoisotopic (exact) mass is 243 g/mol. The number of aromatic nitrogens is 1. The fourth-order valence-corrected chi connectivity index (χ4v) is 2.40. The Hall–Kier alpha value is -2.14. The Morgan fingerprint density at radius 1 is 1.28 bits per heavy atom. The molecule has 92 valence electrons. The van der Waals surface area contributed by atoms with Gasteiger partial charge in [-0.2, -0.15) is 0 Å². The van der Waals surface area contributed by atoms with Crippen LogP contribution in [0.1, 0.15) is 17.3 Å². The first kappa shape index (κ1) is 11.0. The van der Waals surface area contributed by atoms with Gasteiger partial charge in [0.1, 0.15) is 0 Å². The highest BCUT2D eigenvalue weighted by Crippen LogP contribution is 2.26. The van der Waals surface area contributed by atoms with Gasteiger partial charge in [0.15, 0.2) is 0 Å². The van der Waals surface area contributed by atoms with Gasteiger partial charge < -0.3 is 9.88 Å². The maximum atomic E-state index is 10.6. The summed E-state index contributed by atoms with van der Waals surface area (Å²) in [6.07, 6.45) is 2.06. The van der Waals surface area contributed by atoms with Crippen molar-refractivity contribution in [2.45, 2.75) is 12.6 Å². The number of fused-ring (bicyclic) bond motifs is 1. The highest BCUT2D eigenvalue weighted by Gasteiger charge is 2.21. The van der Waals surface area contributed by atoms with Crippen molar-refractivity contribution in [2.24, 2.45) is 0 Å². The summed E-state index contributed by atoms with van der Waals surface area (Å²) in [7, 11) is 0. The van der Waals surface area contributed by atoms with E-state index in [9.17, 15) is 10.1 Å². The van der Waals surface area contributed by atoms with E-state index in [1.807, 2.05) is 18.2 Å². The van der Waals surface area contributed by atoms with E-state index in [0.717, 1.165) is 18.7 Å². The summed E-state index contributed by atoms with van der Waals surface area (Å²) in [5.41, 5.74) is 2.39. The molecule has 0 fully saturated rings. The molecule has 0 saturated carbocycles. The van der Waals surface area contributed by atoms with Crippen LogP contribution >= 0.6 is 0 Å². The predicted molar refractivity (Wildman–Crippen MR) is 67.4 cm³/mol. The minimum Gasteiger partial charge on any atom is -0.348 e. The van der Waals surface area contributed by atoms with Crippen LogP contribution in [0.5, 0.6) is 0 Å². The summed E-state index contributed by atoms with van der Waals surface area (Å²) in [5.74, 6) is 0. The summed E-state index contributed by atoms with van der Waals surface area (Å²) in [5, 5.41) is 14.1. The SMILES string of the molecule is O=[N+]([O-])c1ccc(C2NCCn3cccc32)cc1. The van der Waals surface area contributed by atoms with Crippen LogP contribution in [0.25, 0.3) is 0 Å². The van der Waals surface area contributed by atoms with Crippen molar-refractivity contribution in [2.75, 3.05) is 6.54 Å². The van der Waals surface area contributed by atoms with Gasteiger partial charge in [0.05, 0.1) is 11.0 Å². The summed E-state index contributed by atoms with van der Waals surface area (Å²) in [6, 6.07) is 11.0. The summed E-state index contributed by atoms with van der Waals surface area (Å²) in [6.45, 7) is 1.87. The lowest BCUT2D eigenvalue weighted by Gasteiger charge is -2.26. The molecule has 18 heavy (non-hydrogen) atoms. The van der Waals surface area contributed by atoms with Crippen LogP contribution < -0.4 is 5.32 Å². The van der Waals surface area contributed by atoms with E-state index in [1.54, 1.807) is 12.1 Å². The number of benzene rings is 1. The summed E-state index contributed by atoms with van der Waals surface area (Å²) < 4.78 is 2.21. The number of nitro groups is 1. The molecule has 0 radical (unpaired) electrons. The summed E-state index contributed by atoms with van der Waals surface area (Å²) in [4.78, 5) is 10.3. The van der Waals surface area contributed by atoms with Gasteiger partial charge in [-0.1, -0.05) is 12.1 Å². The molecule has 1 aliphatic heterocycles. The average molecular weight is 243 g/mol. The molecule has 0 saturated heterocycles. The van der Waals surface area contributed by atoms with Crippen LogP contribution in [0.2, 0.25) is 0 Å².